The van der Waals surface area contributed by atoms with Crippen LogP contribution in [-0.4, -0.2) is 11.4 Å². The first-order valence-corrected chi connectivity index (χ1v) is 5.46. The molecule has 0 saturated carbocycles. The largest absolute Gasteiger partial charge is 0.377 e. The predicted molar refractivity (Wildman–Crippen MR) is 59.1 cm³/mol. The van der Waals surface area contributed by atoms with Crippen LogP contribution in [0.5, 0.6) is 0 Å². The molecular weight excluding hydrogens is 228 g/mol. The summed E-state index contributed by atoms with van der Waals surface area (Å²) in [5.41, 5.74) is 1.24. The first-order valence-electron chi connectivity index (χ1n) is 4.55. The van der Waals surface area contributed by atoms with E-state index in [1.165, 1.54) is 5.56 Å². The van der Waals surface area contributed by atoms with Gasteiger partial charge in [-0.15, -0.1) is 0 Å². The summed E-state index contributed by atoms with van der Waals surface area (Å²) in [6.45, 7) is 3.67. The summed E-state index contributed by atoms with van der Waals surface area (Å²) in [7, 11) is 0. The fraction of sp³-hybridized carbons (Fsp3) is 0.455. The number of hydrogen-bond donors (Lipinski definition) is 0. The van der Waals surface area contributed by atoms with Gasteiger partial charge >= 0.3 is 0 Å². The Labute approximate surface area is 88.2 Å². The molecule has 1 aromatic rings. The molecule has 1 rings (SSSR count). The number of halogens is 1. The minimum absolute atomic E-state index is 0.545. The third-order valence-electron chi connectivity index (χ3n) is 1.77. The normalized spacial score (nSPS) is 12.8. The molecule has 0 heterocycles. The van der Waals surface area contributed by atoms with Crippen molar-refractivity contribution < 1.29 is 4.74 Å². The van der Waals surface area contributed by atoms with Gasteiger partial charge in [0, 0.05) is 11.4 Å². The standard InChI is InChI=1S/C11H15BrO/c1-10(12)7-8-13-9-11-5-3-2-4-6-11/h2-6,10H,7-9H2,1H3. The van der Waals surface area contributed by atoms with Gasteiger partial charge in [-0.25, -0.2) is 0 Å². The molecule has 0 radical (unpaired) electrons. The van der Waals surface area contributed by atoms with Crippen LogP contribution in [0.4, 0.5) is 0 Å². The van der Waals surface area contributed by atoms with Gasteiger partial charge in [0.1, 0.15) is 0 Å². The third kappa shape index (κ3) is 5.06. The second kappa shape index (κ2) is 6.17. The van der Waals surface area contributed by atoms with E-state index in [9.17, 15) is 0 Å². The number of hydrogen-bond acceptors (Lipinski definition) is 1. The van der Waals surface area contributed by atoms with E-state index in [4.69, 9.17) is 4.74 Å². The van der Waals surface area contributed by atoms with Gasteiger partial charge < -0.3 is 4.74 Å². The lowest BCUT2D eigenvalue weighted by Crippen LogP contribution is -2.00. The average molecular weight is 243 g/mol. The average Bonchev–Trinajstić information content (AvgIpc) is 2.14. The molecule has 0 saturated heterocycles. The molecule has 0 bridgehead atoms. The van der Waals surface area contributed by atoms with Gasteiger partial charge in [0.25, 0.3) is 0 Å². The summed E-state index contributed by atoms with van der Waals surface area (Å²) in [6.07, 6.45) is 1.06. The Hall–Kier alpha value is -0.340. The van der Waals surface area contributed by atoms with Gasteiger partial charge in [0.2, 0.25) is 0 Å². The molecule has 0 aliphatic heterocycles. The molecule has 72 valence electrons. The molecule has 0 aliphatic rings. The SMILES string of the molecule is CC(Br)CCOCc1ccccc1. The van der Waals surface area contributed by atoms with Crippen molar-refractivity contribution in [1.82, 2.24) is 0 Å². The molecule has 1 atom stereocenters. The maximum Gasteiger partial charge on any atom is 0.0716 e. The number of rotatable bonds is 5. The van der Waals surface area contributed by atoms with Crippen molar-refractivity contribution in [3.8, 4) is 0 Å². The zero-order valence-corrected chi connectivity index (χ0v) is 9.46. The Morgan fingerprint density at radius 2 is 2.00 bits per heavy atom. The lowest BCUT2D eigenvalue weighted by atomic mass is 10.2. The van der Waals surface area contributed by atoms with Gasteiger partial charge in [-0.3, -0.25) is 0 Å². The van der Waals surface area contributed by atoms with Gasteiger partial charge in [0.15, 0.2) is 0 Å². The fourth-order valence-electron chi connectivity index (χ4n) is 1.01. The topological polar surface area (TPSA) is 9.23 Å². The van der Waals surface area contributed by atoms with Crippen LogP contribution in [0.2, 0.25) is 0 Å². The van der Waals surface area contributed by atoms with Crippen LogP contribution in [0, 0.1) is 0 Å². The Balaban J connectivity index is 2.13. The van der Waals surface area contributed by atoms with E-state index in [2.05, 4.69) is 35.0 Å². The van der Waals surface area contributed by atoms with Crippen LogP contribution >= 0.6 is 15.9 Å². The lowest BCUT2D eigenvalue weighted by Gasteiger charge is -2.05. The molecular formula is C11H15BrO. The van der Waals surface area contributed by atoms with Crippen LogP contribution in [0.1, 0.15) is 18.9 Å². The summed E-state index contributed by atoms with van der Waals surface area (Å²) in [5, 5.41) is 0. The highest BCUT2D eigenvalue weighted by Crippen LogP contribution is 2.05. The predicted octanol–water partition coefficient (Wildman–Crippen LogP) is 3.38. The second-order valence-electron chi connectivity index (χ2n) is 3.11. The van der Waals surface area contributed by atoms with E-state index in [-0.39, 0.29) is 0 Å². The highest BCUT2D eigenvalue weighted by molar-refractivity contribution is 9.09. The molecule has 0 aliphatic carbocycles. The van der Waals surface area contributed by atoms with Crippen LogP contribution in [-0.2, 0) is 11.3 Å². The van der Waals surface area contributed by atoms with E-state index in [0.29, 0.717) is 4.83 Å². The van der Waals surface area contributed by atoms with Crippen molar-refractivity contribution in [3.63, 3.8) is 0 Å². The summed E-state index contributed by atoms with van der Waals surface area (Å²) >= 11 is 3.48. The summed E-state index contributed by atoms with van der Waals surface area (Å²) in [6, 6.07) is 10.2. The van der Waals surface area contributed by atoms with Crippen LogP contribution in [0.25, 0.3) is 0 Å². The van der Waals surface area contributed by atoms with Gasteiger partial charge in [0.05, 0.1) is 6.61 Å². The van der Waals surface area contributed by atoms with E-state index in [1.807, 2.05) is 18.2 Å². The second-order valence-corrected chi connectivity index (χ2v) is 4.67. The van der Waals surface area contributed by atoms with Gasteiger partial charge in [-0.05, 0) is 12.0 Å². The highest BCUT2D eigenvalue weighted by Gasteiger charge is 1.95. The first kappa shape index (κ1) is 10.7. The van der Waals surface area contributed by atoms with E-state index < -0.39 is 0 Å². The minimum atomic E-state index is 0.545. The Kier molecular flexibility index (Phi) is 5.09. The molecule has 0 aromatic heterocycles. The summed E-state index contributed by atoms with van der Waals surface area (Å²) < 4.78 is 5.50. The molecule has 13 heavy (non-hydrogen) atoms. The molecule has 2 heteroatoms. The summed E-state index contributed by atoms with van der Waals surface area (Å²) in [4.78, 5) is 0.545. The minimum Gasteiger partial charge on any atom is -0.377 e. The molecule has 0 fully saturated rings. The molecule has 0 N–H and O–H groups in total. The van der Waals surface area contributed by atoms with E-state index >= 15 is 0 Å². The smallest absolute Gasteiger partial charge is 0.0716 e. The lowest BCUT2D eigenvalue weighted by molar-refractivity contribution is 0.119. The van der Waals surface area contributed by atoms with Crippen molar-refractivity contribution in [3.05, 3.63) is 35.9 Å². The van der Waals surface area contributed by atoms with Crippen molar-refractivity contribution >= 4 is 15.9 Å². The molecule has 1 unspecified atom stereocenters. The fourth-order valence-corrected chi connectivity index (χ4v) is 1.20. The first-order chi connectivity index (χ1) is 6.29. The van der Waals surface area contributed by atoms with Crippen LogP contribution < -0.4 is 0 Å². The number of ether oxygens (including phenoxy) is 1. The van der Waals surface area contributed by atoms with E-state index in [1.54, 1.807) is 0 Å². The van der Waals surface area contributed by atoms with E-state index in [0.717, 1.165) is 19.6 Å². The number of benzene rings is 1. The van der Waals surface area contributed by atoms with Crippen LogP contribution in [0.3, 0.4) is 0 Å². The Bertz CT molecular complexity index is 221. The quantitative estimate of drug-likeness (QED) is 0.569. The number of alkyl halides is 1. The van der Waals surface area contributed by atoms with Crippen molar-refractivity contribution in [1.29, 1.82) is 0 Å². The Morgan fingerprint density at radius 3 is 2.62 bits per heavy atom. The van der Waals surface area contributed by atoms with Crippen molar-refractivity contribution in [2.75, 3.05) is 6.61 Å². The molecule has 1 nitrogen and oxygen atoms in total. The van der Waals surface area contributed by atoms with Gasteiger partial charge in [-0.1, -0.05) is 53.2 Å². The van der Waals surface area contributed by atoms with Crippen LogP contribution in [0.15, 0.2) is 30.3 Å². The maximum absolute atomic E-state index is 5.50. The third-order valence-corrected chi connectivity index (χ3v) is 2.23. The van der Waals surface area contributed by atoms with Gasteiger partial charge in [-0.2, -0.15) is 0 Å². The maximum atomic E-state index is 5.50. The zero-order chi connectivity index (χ0) is 9.52. The molecule has 0 amide bonds. The van der Waals surface area contributed by atoms with Crippen molar-refractivity contribution in [2.24, 2.45) is 0 Å². The van der Waals surface area contributed by atoms with Crippen molar-refractivity contribution in [2.45, 2.75) is 24.8 Å². The monoisotopic (exact) mass is 242 g/mol. The molecule has 1 aromatic carbocycles. The summed E-state index contributed by atoms with van der Waals surface area (Å²) in [5.74, 6) is 0. The highest BCUT2D eigenvalue weighted by atomic mass is 79.9. The Morgan fingerprint density at radius 1 is 1.31 bits per heavy atom. The molecule has 0 spiro atoms. The zero-order valence-electron chi connectivity index (χ0n) is 7.87.